The van der Waals surface area contributed by atoms with Gasteiger partial charge in [0.25, 0.3) is 0 Å². The second kappa shape index (κ2) is 5.78. The first-order valence-electron chi connectivity index (χ1n) is 8.13. The van der Waals surface area contributed by atoms with E-state index in [2.05, 4.69) is 16.5 Å². The van der Waals surface area contributed by atoms with Gasteiger partial charge in [-0.25, -0.2) is 4.68 Å². The van der Waals surface area contributed by atoms with Crippen LogP contribution in [0.3, 0.4) is 0 Å². The number of amides is 1. The number of nitrogens with zero attached hydrogens (tertiary/aromatic N) is 3. The lowest BCUT2D eigenvalue weighted by molar-refractivity contribution is -0.135. The van der Waals surface area contributed by atoms with Gasteiger partial charge < -0.3 is 5.32 Å². The summed E-state index contributed by atoms with van der Waals surface area (Å²) >= 11 is 0. The van der Waals surface area contributed by atoms with Crippen LogP contribution < -0.4 is 5.32 Å². The average Bonchev–Trinajstić information content (AvgIpc) is 3.04. The predicted molar refractivity (Wildman–Crippen MR) is 93.1 cm³/mol. The van der Waals surface area contributed by atoms with Crippen LogP contribution in [-0.2, 0) is 10.3 Å². The summed E-state index contributed by atoms with van der Waals surface area (Å²) in [5.41, 5.74) is 2.41. The first kappa shape index (κ1) is 16.2. The standard InChI is InChI=1S/C18H23N5O/c1-5-15-16(24)22(4)17(19)21-18(15,3)13-10-20-23(11-13)14-8-6-7-12(2)9-14/h6-11,15H,5H2,1-4H3,(H2,19,21)/t15?,18-/m1/s1. The molecule has 24 heavy (non-hydrogen) atoms. The van der Waals surface area contributed by atoms with Gasteiger partial charge in [-0.1, -0.05) is 19.1 Å². The molecule has 2 aromatic rings. The van der Waals surface area contributed by atoms with Crippen LogP contribution in [0.4, 0.5) is 0 Å². The first-order valence-corrected chi connectivity index (χ1v) is 8.13. The van der Waals surface area contributed by atoms with E-state index < -0.39 is 5.54 Å². The number of rotatable bonds is 3. The topological polar surface area (TPSA) is 74.0 Å². The van der Waals surface area contributed by atoms with E-state index in [-0.39, 0.29) is 17.8 Å². The highest BCUT2D eigenvalue weighted by Crippen LogP contribution is 2.35. The van der Waals surface area contributed by atoms with E-state index >= 15 is 0 Å². The van der Waals surface area contributed by atoms with E-state index in [1.807, 2.05) is 49.8 Å². The Morgan fingerprint density at radius 3 is 2.83 bits per heavy atom. The summed E-state index contributed by atoms with van der Waals surface area (Å²) in [6, 6.07) is 8.10. The Morgan fingerprint density at radius 2 is 2.17 bits per heavy atom. The highest BCUT2D eigenvalue weighted by Gasteiger charge is 2.47. The Bertz CT molecular complexity index is 796. The molecule has 0 radical (unpaired) electrons. The lowest BCUT2D eigenvalue weighted by atomic mass is 9.77. The third-order valence-electron chi connectivity index (χ3n) is 4.90. The molecule has 1 amide bonds. The number of hydrogen-bond acceptors (Lipinski definition) is 3. The third kappa shape index (κ3) is 2.48. The molecular formula is C18H23N5O. The molecule has 1 saturated heterocycles. The van der Waals surface area contributed by atoms with Crippen LogP contribution >= 0.6 is 0 Å². The molecule has 1 aromatic carbocycles. The van der Waals surface area contributed by atoms with Gasteiger partial charge in [-0.15, -0.1) is 0 Å². The first-order chi connectivity index (χ1) is 11.4. The number of benzene rings is 1. The molecule has 0 bridgehead atoms. The molecule has 2 heterocycles. The van der Waals surface area contributed by atoms with E-state index in [1.165, 1.54) is 4.90 Å². The van der Waals surface area contributed by atoms with Crippen LogP contribution in [-0.4, -0.2) is 33.6 Å². The molecular weight excluding hydrogens is 302 g/mol. The van der Waals surface area contributed by atoms with Crippen LogP contribution in [0.1, 0.15) is 31.4 Å². The molecule has 2 N–H and O–H groups in total. The molecule has 0 aliphatic carbocycles. The van der Waals surface area contributed by atoms with E-state index in [4.69, 9.17) is 5.41 Å². The minimum absolute atomic E-state index is 0.0351. The number of aryl methyl sites for hydroxylation is 1. The molecule has 1 aliphatic rings. The van der Waals surface area contributed by atoms with E-state index in [1.54, 1.807) is 13.2 Å². The molecule has 2 atom stereocenters. The van der Waals surface area contributed by atoms with Crippen molar-refractivity contribution >= 4 is 11.9 Å². The van der Waals surface area contributed by atoms with Gasteiger partial charge in [-0.05, 0) is 38.0 Å². The molecule has 1 unspecified atom stereocenters. The fourth-order valence-electron chi connectivity index (χ4n) is 3.37. The molecule has 1 aliphatic heterocycles. The van der Waals surface area contributed by atoms with Gasteiger partial charge in [0.05, 0.1) is 23.3 Å². The Hall–Kier alpha value is -2.63. The van der Waals surface area contributed by atoms with E-state index in [0.717, 1.165) is 16.8 Å². The number of carbonyl (C=O) groups is 1. The summed E-state index contributed by atoms with van der Waals surface area (Å²) in [6.45, 7) is 6.01. The fourth-order valence-corrected chi connectivity index (χ4v) is 3.37. The molecule has 1 fully saturated rings. The number of carbonyl (C=O) groups excluding carboxylic acids is 1. The van der Waals surface area contributed by atoms with Crippen LogP contribution in [0.25, 0.3) is 5.69 Å². The number of guanidine groups is 1. The van der Waals surface area contributed by atoms with Gasteiger partial charge in [-0.2, -0.15) is 5.10 Å². The van der Waals surface area contributed by atoms with E-state index in [0.29, 0.717) is 6.42 Å². The third-order valence-corrected chi connectivity index (χ3v) is 4.90. The molecule has 6 nitrogen and oxygen atoms in total. The van der Waals surface area contributed by atoms with Crippen molar-refractivity contribution in [1.29, 1.82) is 5.41 Å². The summed E-state index contributed by atoms with van der Waals surface area (Å²) in [5.74, 6) is -0.158. The Morgan fingerprint density at radius 1 is 1.42 bits per heavy atom. The van der Waals surface area contributed by atoms with Crippen LogP contribution in [0.15, 0.2) is 36.7 Å². The van der Waals surface area contributed by atoms with Gasteiger partial charge >= 0.3 is 0 Å². The van der Waals surface area contributed by atoms with Gasteiger partial charge in [0, 0.05) is 18.8 Å². The molecule has 0 spiro atoms. The molecule has 6 heteroatoms. The van der Waals surface area contributed by atoms with Gasteiger partial charge in [-0.3, -0.25) is 15.1 Å². The monoisotopic (exact) mass is 325 g/mol. The average molecular weight is 325 g/mol. The summed E-state index contributed by atoms with van der Waals surface area (Å²) in [6.07, 6.45) is 4.41. The molecule has 3 rings (SSSR count). The van der Waals surface area contributed by atoms with Gasteiger partial charge in [0.2, 0.25) is 5.91 Å². The molecule has 126 valence electrons. The smallest absolute Gasteiger partial charge is 0.234 e. The van der Waals surface area contributed by atoms with Gasteiger partial charge in [0.15, 0.2) is 5.96 Å². The maximum absolute atomic E-state index is 12.6. The highest BCUT2D eigenvalue weighted by atomic mass is 16.2. The Balaban J connectivity index is 2.01. The van der Waals surface area contributed by atoms with Crippen molar-refractivity contribution in [1.82, 2.24) is 20.0 Å². The maximum atomic E-state index is 12.6. The number of nitrogens with one attached hydrogen (secondary N) is 2. The number of hydrogen-bond donors (Lipinski definition) is 2. The summed E-state index contributed by atoms with van der Waals surface area (Å²) in [7, 11) is 1.63. The van der Waals surface area contributed by atoms with Crippen molar-refractivity contribution in [2.75, 3.05) is 7.05 Å². The zero-order valence-electron chi connectivity index (χ0n) is 14.5. The van der Waals surface area contributed by atoms with Crippen molar-refractivity contribution in [3.05, 3.63) is 47.8 Å². The van der Waals surface area contributed by atoms with Crippen LogP contribution in [0.5, 0.6) is 0 Å². The van der Waals surface area contributed by atoms with Crippen LogP contribution in [0.2, 0.25) is 0 Å². The lowest BCUT2D eigenvalue weighted by Crippen LogP contribution is -2.63. The quantitative estimate of drug-likeness (QED) is 0.910. The maximum Gasteiger partial charge on any atom is 0.234 e. The van der Waals surface area contributed by atoms with Crippen LogP contribution in [0, 0.1) is 18.3 Å². The molecule has 0 saturated carbocycles. The van der Waals surface area contributed by atoms with Crippen molar-refractivity contribution in [2.45, 2.75) is 32.7 Å². The largest absolute Gasteiger partial charge is 0.346 e. The zero-order chi connectivity index (χ0) is 17.5. The van der Waals surface area contributed by atoms with Crippen molar-refractivity contribution < 1.29 is 4.79 Å². The minimum atomic E-state index is -0.641. The van der Waals surface area contributed by atoms with Crippen molar-refractivity contribution in [3.8, 4) is 5.69 Å². The highest BCUT2D eigenvalue weighted by molar-refractivity contribution is 6.00. The summed E-state index contributed by atoms with van der Waals surface area (Å²) in [5, 5.41) is 15.7. The SMILES string of the molecule is CCC1C(=O)N(C)C(=N)N[C@]1(C)c1cnn(-c2cccc(C)c2)c1. The predicted octanol–water partition coefficient (Wildman–Crippen LogP) is 2.42. The molecule has 1 aromatic heterocycles. The van der Waals surface area contributed by atoms with E-state index in [9.17, 15) is 4.79 Å². The lowest BCUT2D eigenvalue weighted by Gasteiger charge is -2.44. The summed E-state index contributed by atoms with van der Waals surface area (Å²) < 4.78 is 1.81. The second-order valence-electron chi connectivity index (χ2n) is 6.55. The van der Waals surface area contributed by atoms with Gasteiger partial charge in [0.1, 0.15) is 0 Å². The normalized spacial score (nSPS) is 24.2. The summed E-state index contributed by atoms with van der Waals surface area (Å²) in [4.78, 5) is 14.0. The minimum Gasteiger partial charge on any atom is -0.346 e. The fraction of sp³-hybridized carbons (Fsp3) is 0.389. The Kier molecular flexibility index (Phi) is 3.91. The Labute approximate surface area is 142 Å². The van der Waals surface area contributed by atoms with Crippen molar-refractivity contribution in [2.24, 2.45) is 5.92 Å². The second-order valence-corrected chi connectivity index (χ2v) is 6.55. The number of aromatic nitrogens is 2. The zero-order valence-corrected chi connectivity index (χ0v) is 14.5. The van der Waals surface area contributed by atoms with Crippen molar-refractivity contribution in [3.63, 3.8) is 0 Å².